The van der Waals surface area contributed by atoms with Gasteiger partial charge in [-0.15, -0.1) is 0 Å². The van der Waals surface area contributed by atoms with Crippen LogP contribution >= 0.6 is 11.6 Å². The molecule has 2 aliphatic rings. The highest BCUT2D eigenvalue weighted by atomic mass is 35.5. The predicted molar refractivity (Wildman–Crippen MR) is 92.1 cm³/mol. The molecule has 2 aliphatic heterocycles. The van der Waals surface area contributed by atoms with E-state index in [4.69, 9.17) is 16.3 Å². The van der Waals surface area contributed by atoms with E-state index in [0.29, 0.717) is 36.8 Å². The molecule has 130 valence electrons. The molecule has 0 saturated carbocycles. The molecular formula is C18H23ClN2O3. The first-order chi connectivity index (χ1) is 11.4. The van der Waals surface area contributed by atoms with Crippen molar-refractivity contribution in [2.24, 2.45) is 5.41 Å². The van der Waals surface area contributed by atoms with Crippen molar-refractivity contribution in [3.8, 4) is 0 Å². The number of hydrogen-bond acceptors (Lipinski definition) is 3. The first-order valence-corrected chi connectivity index (χ1v) is 8.70. The molecule has 2 fully saturated rings. The van der Waals surface area contributed by atoms with Crippen molar-refractivity contribution in [1.82, 2.24) is 9.80 Å². The Bertz CT molecular complexity index is 649. The Morgan fingerprint density at radius 3 is 2.83 bits per heavy atom. The van der Waals surface area contributed by atoms with Crippen LogP contribution in [0.25, 0.3) is 0 Å². The molecule has 0 aliphatic carbocycles. The van der Waals surface area contributed by atoms with Gasteiger partial charge in [0.15, 0.2) is 0 Å². The Morgan fingerprint density at radius 1 is 1.33 bits per heavy atom. The van der Waals surface area contributed by atoms with Gasteiger partial charge in [0.1, 0.15) is 6.61 Å². The van der Waals surface area contributed by atoms with Crippen LogP contribution in [0.5, 0.6) is 0 Å². The van der Waals surface area contributed by atoms with Crippen molar-refractivity contribution in [2.45, 2.75) is 26.3 Å². The molecule has 1 spiro atoms. The van der Waals surface area contributed by atoms with Gasteiger partial charge in [-0.2, -0.15) is 0 Å². The lowest BCUT2D eigenvalue weighted by atomic mass is 9.87. The zero-order valence-corrected chi connectivity index (χ0v) is 14.9. The van der Waals surface area contributed by atoms with Crippen LogP contribution in [0.3, 0.4) is 0 Å². The molecule has 24 heavy (non-hydrogen) atoms. The van der Waals surface area contributed by atoms with Crippen LogP contribution in [0.2, 0.25) is 5.02 Å². The Hall–Kier alpha value is -1.59. The van der Waals surface area contributed by atoms with Gasteiger partial charge >= 0.3 is 0 Å². The standard InChI is InChI=1S/C18H23ClN2O3/c1-13(2)21-11-18(12-24-9-16(21)22)6-7-20(10-18)17(23)14-4-3-5-15(19)8-14/h3-5,8,13H,6-7,9-12H2,1-2H3. The van der Waals surface area contributed by atoms with Crippen molar-refractivity contribution < 1.29 is 14.3 Å². The Kier molecular flexibility index (Phi) is 4.83. The summed E-state index contributed by atoms with van der Waals surface area (Å²) in [5.41, 5.74) is 0.427. The van der Waals surface area contributed by atoms with E-state index in [1.165, 1.54) is 0 Å². The van der Waals surface area contributed by atoms with Crippen LogP contribution in [0, 0.1) is 5.41 Å². The summed E-state index contributed by atoms with van der Waals surface area (Å²) in [5, 5.41) is 0.559. The van der Waals surface area contributed by atoms with Crippen LogP contribution in [0.1, 0.15) is 30.6 Å². The average Bonchev–Trinajstić information content (AvgIpc) is 2.88. The van der Waals surface area contributed by atoms with Crippen LogP contribution in [-0.2, 0) is 9.53 Å². The summed E-state index contributed by atoms with van der Waals surface area (Å²) < 4.78 is 5.63. The van der Waals surface area contributed by atoms with Gasteiger partial charge in [0.05, 0.1) is 6.61 Å². The van der Waals surface area contributed by atoms with E-state index < -0.39 is 0 Å². The lowest BCUT2D eigenvalue weighted by molar-refractivity contribution is -0.135. The summed E-state index contributed by atoms with van der Waals surface area (Å²) >= 11 is 5.99. The molecule has 5 nitrogen and oxygen atoms in total. The van der Waals surface area contributed by atoms with Crippen LogP contribution in [-0.4, -0.2) is 60.5 Å². The molecule has 2 saturated heterocycles. The highest BCUT2D eigenvalue weighted by Gasteiger charge is 2.44. The minimum absolute atomic E-state index is 0.0129. The molecule has 0 radical (unpaired) electrons. The fraction of sp³-hybridized carbons (Fsp3) is 0.556. The van der Waals surface area contributed by atoms with Gasteiger partial charge in [-0.1, -0.05) is 17.7 Å². The van der Waals surface area contributed by atoms with Crippen molar-refractivity contribution in [1.29, 1.82) is 0 Å². The van der Waals surface area contributed by atoms with Gasteiger partial charge in [0.2, 0.25) is 5.91 Å². The summed E-state index contributed by atoms with van der Waals surface area (Å²) in [4.78, 5) is 28.6. The Morgan fingerprint density at radius 2 is 2.12 bits per heavy atom. The Labute approximate surface area is 147 Å². The monoisotopic (exact) mass is 350 g/mol. The third kappa shape index (κ3) is 3.42. The number of rotatable bonds is 2. The molecule has 0 bridgehead atoms. The number of carbonyl (C=O) groups excluding carboxylic acids is 2. The lowest BCUT2D eigenvalue weighted by Crippen LogP contribution is -2.46. The first-order valence-electron chi connectivity index (χ1n) is 8.32. The Balaban J connectivity index is 1.76. The highest BCUT2D eigenvalue weighted by molar-refractivity contribution is 6.30. The minimum Gasteiger partial charge on any atom is -0.371 e. The van der Waals surface area contributed by atoms with Crippen molar-refractivity contribution in [3.63, 3.8) is 0 Å². The summed E-state index contributed by atoms with van der Waals surface area (Å²) in [6, 6.07) is 7.16. The average molecular weight is 351 g/mol. The maximum atomic E-state index is 12.7. The van der Waals surface area contributed by atoms with Gasteiger partial charge in [0.25, 0.3) is 5.91 Å². The van der Waals surface area contributed by atoms with Crippen molar-refractivity contribution in [3.05, 3.63) is 34.9 Å². The molecule has 0 N–H and O–H groups in total. The number of nitrogens with zero attached hydrogens (tertiary/aromatic N) is 2. The smallest absolute Gasteiger partial charge is 0.253 e. The lowest BCUT2D eigenvalue weighted by Gasteiger charge is -2.34. The predicted octanol–water partition coefficient (Wildman–Crippen LogP) is 2.44. The second kappa shape index (κ2) is 6.73. The molecular weight excluding hydrogens is 328 g/mol. The highest BCUT2D eigenvalue weighted by Crippen LogP contribution is 2.35. The fourth-order valence-corrected chi connectivity index (χ4v) is 3.75. The van der Waals surface area contributed by atoms with Crippen LogP contribution in [0.4, 0.5) is 0 Å². The van der Waals surface area contributed by atoms with Gasteiger partial charge in [0, 0.05) is 41.7 Å². The molecule has 1 unspecified atom stereocenters. The molecule has 1 atom stereocenters. The third-order valence-electron chi connectivity index (χ3n) is 4.88. The number of likely N-dealkylation sites (tertiary alicyclic amines) is 1. The summed E-state index contributed by atoms with van der Waals surface area (Å²) in [7, 11) is 0. The van der Waals surface area contributed by atoms with Crippen LogP contribution in [0.15, 0.2) is 24.3 Å². The number of halogens is 1. The quantitative estimate of drug-likeness (QED) is 0.823. The third-order valence-corrected chi connectivity index (χ3v) is 5.12. The zero-order chi connectivity index (χ0) is 17.3. The van der Waals surface area contributed by atoms with E-state index >= 15 is 0 Å². The molecule has 3 rings (SSSR count). The van der Waals surface area contributed by atoms with E-state index in [2.05, 4.69) is 0 Å². The largest absolute Gasteiger partial charge is 0.371 e. The van der Waals surface area contributed by atoms with E-state index in [9.17, 15) is 9.59 Å². The van der Waals surface area contributed by atoms with Gasteiger partial charge in [-0.05, 0) is 38.5 Å². The van der Waals surface area contributed by atoms with Crippen molar-refractivity contribution >= 4 is 23.4 Å². The molecule has 6 heteroatoms. The molecule has 1 aromatic carbocycles. The van der Waals surface area contributed by atoms with E-state index in [0.717, 1.165) is 6.42 Å². The number of hydrogen-bond donors (Lipinski definition) is 0. The second-order valence-electron chi connectivity index (χ2n) is 7.10. The normalized spacial score (nSPS) is 24.8. The maximum absolute atomic E-state index is 12.7. The van der Waals surface area contributed by atoms with Crippen LogP contribution < -0.4 is 0 Å². The molecule has 2 amide bonds. The summed E-state index contributed by atoms with van der Waals surface area (Å²) in [5.74, 6) is 0.0162. The maximum Gasteiger partial charge on any atom is 0.253 e. The van der Waals surface area contributed by atoms with Gasteiger partial charge in [-0.3, -0.25) is 9.59 Å². The SMILES string of the molecule is CC(C)N1CC2(CCN(C(=O)c3cccc(Cl)c3)C2)COCC1=O. The minimum atomic E-state index is -0.176. The summed E-state index contributed by atoms with van der Waals surface area (Å²) in [6.45, 7) is 6.59. The van der Waals surface area contributed by atoms with E-state index in [1.54, 1.807) is 24.3 Å². The second-order valence-corrected chi connectivity index (χ2v) is 7.53. The molecule has 0 aromatic heterocycles. The summed E-state index contributed by atoms with van der Waals surface area (Å²) in [6.07, 6.45) is 0.843. The molecule has 1 aromatic rings. The number of carbonyl (C=O) groups is 2. The number of amides is 2. The van der Waals surface area contributed by atoms with E-state index in [1.807, 2.05) is 23.6 Å². The first kappa shape index (κ1) is 17.2. The number of benzene rings is 1. The van der Waals surface area contributed by atoms with E-state index in [-0.39, 0.29) is 29.9 Å². The number of ether oxygens (including phenoxy) is 1. The van der Waals surface area contributed by atoms with Gasteiger partial charge < -0.3 is 14.5 Å². The van der Waals surface area contributed by atoms with Crippen molar-refractivity contribution in [2.75, 3.05) is 32.8 Å². The van der Waals surface area contributed by atoms with Gasteiger partial charge in [-0.25, -0.2) is 0 Å². The fourth-order valence-electron chi connectivity index (χ4n) is 3.56. The topological polar surface area (TPSA) is 49.9 Å². The molecule has 2 heterocycles. The zero-order valence-electron chi connectivity index (χ0n) is 14.1.